The number of benzene rings is 1. The van der Waals surface area contributed by atoms with Gasteiger partial charge < -0.3 is 4.90 Å². The fourth-order valence-corrected chi connectivity index (χ4v) is 4.16. The van der Waals surface area contributed by atoms with E-state index in [1.807, 2.05) is 30.3 Å². The number of hydrogen-bond donors (Lipinski definition) is 1. The molecule has 142 valence electrons. The van der Waals surface area contributed by atoms with Gasteiger partial charge >= 0.3 is 0 Å². The van der Waals surface area contributed by atoms with Gasteiger partial charge in [0, 0.05) is 18.7 Å². The predicted molar refractivity (Wildman–Crippen MR) is 106 cm³/mol. The molecular weight excluding hydrogens is 358 g/mol. The van der Waals surface area contributed by atoms with E-state index in [4.69, 9.17) is 5.26 Å². The van der Waals surface area contributed by atoms with Crippen LogP contribution in [0.5, 0.6) is 0 Å². The van der Waals surface area contributed by atoms with Crippen molar-refractivity contribution in [2.45, 2.75) is 50.1 Å². The minimum Gasteiger partial charge on any atom is -0.311 e. The van der Waals surface area contributed by atoms with Crippen LogP contribution in [-0.2, 0) is 11.2 Å². The smallest absolute Gasteiger partial charge is 0.237 e. The number of rotatable bonds is 9. The average Bonchev–Trinajstić information content (AvgIpc) is 3.38. The van der Waals surface area contributed by atoms with E-state index in [9.17, 15) is 4.79 Å². The number of aryl methyl sites for hydroxylation is 1. The second-order valence-corrected chi connectivity index (χ2v) is 7.77. The Hall–Kier alpha value is -2.33. The van der Waals surface area contributed by atoms with Gasteiger partial charge in [0.25, 0.3) is 0 Å². The Labute approximate surface area is 164 Å². The Kier molecular flexibility index (Phi) is 7.28. The Balaban J connectivity index is 1.51. The van der Waals surface area contributed by atoms with E-state index in [0.717, 1.165) is 30.3 Å². The average molecular weight is 384 g/mol. The molecule has 0 aliphatic heterocycles. The van der Waals surface area contributed by atoms with Gasteiger partial charge in [0.2, 0.25) is 11.1 Å². The Morgan fingerprint density at radius 2 is 2.07 bits per heavy atom. The number of aromatic amines is 1. The highest BCUT2D eigenvalue weighted by atomic mass is 32.2. The zero-order chi connectivity index (χ0) is 18.9. The van der Waals surface area contributed by atoms with E-state index >= 15 is 0 Å². The number of nitriles is 1. The lowest BCUT2D eigenvalue weighted by molar-refractivity contribution is -0.116. The quantitative estimate of drug-likeness (QED) is 0.662. The van der Waals surface area contributed by atoms with E-state index in [1.54, 1.807) is 4.90 Å². The molecule has 1 aromatic heterocycles. The molecule has 6 nitrogen and oxygen atoms in total. The molecule has 2 aromatic rings. The molecule has 0 saturated heterocycles. The van der Waals surface area contributed by atoms with Gasteiger partial charge in [0.1, 0.15) is 5.82 Å². The number of anilines is 1. The van der Waals surface area contributed by atoms with Crippen LogP contribution < -0.4 is 4.90 Å². The lowest BCUT2D eigenvalue weighted by atomic mass is 10.0. The van der Waals surface area contributed by atoms with Crippen molar-refractivity contribution in [2.24, 2.45) is 5.92 Å². The second kappa shape index (κ2) is 10.1. The number of H-pyrrole nitrogens is 1. The first kappa shape index (κ1) is 19.4. The van der Waals surface area contributed by atoms with E-state index in [-0.39, 0.29) is 11.7 Å². The van der Waals surface area contributed by atoms with Crippen LogP contribution in [0.1, 0.15) is 44.3 Å². The molecule has 7 heteroatoms. The monoisotopic (exact) mass is 383 g/mol. The van der Waals surface area contributed by atoms with Crippen LogP contribution in [0.3, 0.4) is 0 Å². The predicted octanol–water partition coefficient (Wildman–Crippen LogP) is 3.97. The molecule has 1 aliphatic rings. The van der Waals surface area contributed by atoms with Gasteiger partial charge in [-0.2, -0.15) is 5.26 Å². The molecule has 0 atom stereocenters. The molecule has 3 rings (SSSR count). The topological polar surface area (TPSA) is 85.7 Å². The maximum atomic E-state index is 12.7. The summed E-state index contributed by atoms with van der Waals surface area (Å²) >= 11 is 1.34. The summed E-state index contributed by atoms with van der Waals surface area (Å²) in [5.74, 6) is 1.94. The molecule has 0 radical (unpaired) electrons. The fraction of sp³-hybridized carbons (Fsp3) is 0.500. The summed E-state index contributed by atoms with van der Waals surface area (Å²) in [5.41, 5.74) is 0.811. The number of carbonyl (C=O) groups excluding carboxylic acids is 1. The normalized spacial score (nSPS) is 14.2. The molecule has 27 heavy (non-hydrogen) atoms. The molecule has 1 aromatic carbocycles. The molecule has 1 amide bonds. The number of nitrogens with one attached hydrogen (secondary N) is 1. The molecule has 1 heterocycles. The maximum Gasteiger partial charge on any atom is 0.237 e. The Bertz CT molecular complexity index is 764. The number of carbonyl (C=O) groups is 1. The summed E-state index contributed by atoms with van der Waals surface area (Å²) in [5, 5.41) is 16.7. The van der Waals surface area contributed by atoms with Crippen LogP contribution >= 0.6 is 11.8 Å². The number of para-hydroxylation sites is 1. The molecular formula is C20H25N5OS. The molecule has 1 saturated carbocycles. The number of amides is 1. The Morgan fingerprint density at radius 3 is 2.81 bits per heavy atom. The highest BCUT2D eigenvalue weighted by Gasteiger charge is 2.18. The summed E-state index contributed by atoms with van der Waals surface area (Å²) in [6, 6.07) is 11.6. The molecule has 0 spiro atoms. The largest absolute Gasteiger partial charge is 0.311 e. The van der Waals surface area contributed by atoms with Crippen molar-refractivity contribution in [3.63, 3.8) is 0 Å². The first-order valence-corrected chi connectivity index (χ1v) is 10.5. The number of thioether (sulfide) groups is 1. The first-order valence-electron chi connectivity index (χ1n) is 9.52. The van der Waals surface area contributed by atoms with Gasteiger partial charge in [-0.25, -0.2) is 4.98 Å². The number of hydrogen-bond acceptors (Lipinski definition) is 5. The summed E-state index contributed by atoms with van der Waals surface area (Å²) in [6.45, 7) is 0.389. The van der Waals surface area contributed by atoms with Crippen molar-refractivity contribution in [3.8, 4) is 6.07 Å². The third-order valence-corrected chi connectivity index (χ3v) is 5.75. The third kappa shape index (κ3) is 5.83. The van der Waals surface area contributed by atoms with Gasteiger partial charge in [-0.3, -0.25) is 9.89 Å². The minimum absolute atomic E-state index is 0.0428. The zero-order valence-electron chi connectivity index (χ0n) is 15.4. The lowest BCUT2D eigenvalue weighted by Crippen LogP contribution is -2.33. The van der Waals surface area contributed by atoms with Gasteiger partial charge in [-0.1, -0.05) is 55.6 Å². The van der Waals surface area contributed by atoms with Gasteiger partial charge in [-0.15, -0.1) is 5.10 Å². The molecule has 1 aliphatic carbocycles. The maximum absolute atomic E-state index is 12.7. The lowest BCUT2D eigenvalue weighted by Gasteiger charge is -2.21. The van der Waals surface area contributed by atoms with Crippen molar-refractivity contribution in [1.29, 1.82) is 5.26 Å². The van der Waals surface area contributed by atoms with E-state index < -0.39 is 0 Å². The zero-order valence-corrected chi connectivity index (χ0v) is 16.2. The standard InChI is InChI=1S/C20H25N5OS/c21-13-6-14-25(17-9-2-1-3-10-17)19(26)15-27-20-22-18(23-24-20)12-11-16-7-4-5-8-16/h1-3,9-10,16H,4-8,11-12,14-15H2,(H,22,23,24). The van der Waals surface area contributed by atoms with Gasteiger partial charge in [0.05, 0.1) is 18.2 Å². The first-order chi connectivity index (χ1) is 13.3. The van der Waals surface area contributed by atoms with E-state index in [1.165, 1.54) is 37.4 Å². The highest BCUT2D eigenvalue weighted by Crippen LogP contribution is 2.28. The summed E-state index contributed by atoms with van der Waals surface area (Å²) < 4.78 is 0. The third-order valence-electron chi connectivity index (χ3n) is 4.92. The minimum atomic E-state index is -0.0428. The van der Waals surface area contributed by atoms with Gasteiger partial charge in [0.15, 0.2) is 0 Å². The van der Waals surface area contributed by atoms with Crippen LogP contribution in [0.4, 0.5) is 5.69 Å². The summed E-state index contributed by atoms with van der Waals surface area (Å²) in [7, 11) is 0. The van der Waals surface area contributed by atoms with Crippen LogP contribution in [0, 0.1) is 17.2 Å². The van der Waals surface area contributed by atoms with E-state index in [2.05, 4.69) is 21.3 Å². The summed E-state index contributed by atoms with van der Waals surface area (Å²) in [4.78, 5) is 18.8. The Morgan fingerprint density at radius 1 is 1.30 bits per heavy atom. The van der Waals surface area contributed by atoms with Crippen molar-refractivity contribution in [2.75, 3.05) is 17.2 Å². The highest BCUT2D eigenvalue weighted by molar-refractivity contribution is 7.99. The molecule has 1 N–H and O–H groups in total. The van der Waals surface area contributed by atoms with Crippen molar-refractivity contribution in [1.82, 2.24) is 15.2 Å². The van der Waals surface area contributed by atoms with Crippen molar-refractivity contribution in [3.05, 3.63) is 36.2 Å². The number of aromatic nitrogens is 3. The summed E-state index contributed by atoms with van der Waals surface area (Å²) in [6.07, 6.45) is 7.77. The van der Waals surface area contributed by atoms with Crippen LogP contribution in [0.2, 0.25) is 0 Å². The van der Waals surface area contributed by atoms with E-state index in [0.29, 0.717) is 18.1 Å². The molecule has 1 fully saturated rings. The fourth-order valence-electron chi connectivity index (χ4n) is 3.47. The molecule has 0 unspecified atom stereocenters. The number of nitrogens with zero attached hydrogens (tertiary/aromatic N) is 4. The van der Waals surface area contributed by atoms with Crippen LogP contribution in [0.15, 0.2) is 35.5 Å². The van der Waals surface area contributed by atoms with Crippen molar-refractivity contribution < 1.29 is 4.79 Å². The van der Waals surface area contributed by atoms with Crippen molar-refractivity contribution >= 4 is 23.4 Å². The van der Waals surface area contributed by atoms with Crippen LogP contribution in [0.25, 0.3) is 0 Å². The molecule has 0 bridgehead atoms. The van der Waals surface area contributed by atoms with Crippen LogP contribution in [-0.4, -0.2) is 33.4 Å². The SMILES string of the molecule is N#CCCN(C(=O)CSc1n[nH]c(CCC2CCCC2)n1)c1ccccc1. The van der Waals surface area contributed by atoms with Gasteiger partial charge in [-0.05, 0) is 24.5 Å². The second-order valence-electron chi connectivity index (χ2n) is 6.83.